The zero-order valence-corrected chi connectivity index (χ0v) is 43.1. The molecule has 5 aliphatic heterocycles. The van der Waals surface area contributed by atoms with Crippen molar-refractivity contribution in [3.63, 3.8) is 0 Å². The number of piperidine rings is 3. The van der Waals surface area contributed by atoms with Crippen LogP contribution >= 0.6 is 0 Å². The van der Waals surface area contributed by atoms with Crippen LogP contribution < -0.4 is 20.3 Å². The SMILES string of the molecule is CC(C)n1cnc2cc(-c3ccc4c(c3)N(C3CC(N5CCCCC5)C3)C(=O)C43CCN(C(=O)[C@@H]4CCN(C(=O)C5CCC(Oc6ccc(C7CCC(=O)NC7=O)cc6)CC5)C4)CC3)nc(Nc3ccccc3F)c21. The number of likely N-dealkylation sites (tertiary alicyclic amines) is 3. The van der Waals surface area contributed by atoms with Gasteiger partial charge in [-0.25, -0.2) is 14.4 Å². The van der Waals surface area contributed by atoms with Crippen molar-refractivity contribution in [1.82, 2.24) is 34.6 Å². The molecule has 16 heteroatoms. The minimum Gasteiger partial charge on any atom is -0.490 e. The largest absolute Gasteiger partial charge is 0.490 e. The van der Waals surface area contributed by atoms with Gasteiger partial charge in [0.2, 0.25) is 29.5 Å². The fourth-order valence-corrected chi connectivity index (χ4v) is 13.5. The van der Waals surface area contributed by atoms with Crippen molar-refractivity contribution in [2.24, 2.45) is 11.8 Å². The van der Waals surface area contributed by atoms with E-state index in [1.165, 1.54) is 25.3 Å². The molecule has 1 spiro atoms. The Morgan fingerprint density at radius 3 is 2.28 bits per heavy atom. The van der Waals surface area contributed by atoms with Gasteiger partial charge in [0, 0.05) is 67.9 Å². The first-order valence-electron chi connectivity index (χ1n) is 27.7. The number of benzene rings is 3. The summed E-state index contributed by atoms with van der Waals surface area (Å²) in [6.07, 6.45) is 12.8. The third-order valence-corrected chi connectivity index (χ3v) is 17.9. The molecular weight excluding hydrogens is 950 g/mol. The smallest absolute Gasteiger partial charge is 0.238 e. The zero-order chi connectivity index (χ0) is 51.5. The lowest BCUT2D eigenvalue weighted by Gasteiger charge is -2.48. The van der Waals surface area contributed by atoms with Gasteiger partial charge in [-0.15, -0.1) is 0 Å². The number of fused-ring (bicyclic) bond motifs is 3. The number of rotatable bonds is 11. The summed E-state index contributed by atoms with van der Waals surface area (Å²) in [7, 11) is 0. The first kappa shape index (κ1) is 49.2. The number of anilines is 3. The van der Waals surface area contributed by atoms with E-state index in [1.807, 2.05) is 44.7 Å². The number of nitrogens with one attached hydrogen (secondary N) is 2. The number of carbonyl (C=O) groups excluding carboxylic acids is 5. The molecule has 5 amide bonds. The van der Waals surface area contributed by atoms with Gasteiger partial charge in [-0.05, 0) is 152 Å². The quantitative estimate of drug-likeness (QED) is 0.122. The molecule has 6 fully saturated rings. The maximum Gasteiger partial charge on any atom is 0.238 e. The third kappa shape index (κ3) is 9.24. The molecule has 5 aromatic rings. The van der Waals surface area contributed by atoms with Crippen molar-refractivity contribution in [3.05, 3.63) is 96.1 Å². The Balaban J connectivity index is 0.715. The predicted octanol–water partition coefficient (Wildman–Crippen LogP) is 8.79. The molecule has 75 heavy (non-hydrogen) atoms. The maximum atomic E-state index is 15.3. The van der Waals surface area contributed by atoms with Crippen LogP contribution in [0.25, 0.3) is 22.3 Å². The summed E-state index contributed by atoms with van der Waals surface area (Å²) in [6.45, 7) is 8.30. The van der Waals surface area contributed by atoms with Gasteiger partial charge < -0.3 is 34.2 Å². The van der Waals surface area contributed by atoms with E-state index in [4.69, 9.17) is 14.7 Å². The molecule has 1 unspecified atom stereocenters. The van der Waals surface area contributed by atoms with E-state index in [0.29, 0.717) is 81.5 Å². The van der Waals surface area contributed by atoms with Crippen LogP contribution in [0.2, 0.25) is 0 Å². The minimum atomic E-state index is -0.759. The van der Waals surface area contributed by atoms with E-state index in [2.05, 4.69) is 52.5 Å². The Morgan fingerprint density at radius 1 is 0.800 bits per heavy atom. The monoisotopic (exact) mass is 1020 g/mol. The second-order valence-corrected chi connectivity index (χ2v) is 22.7. The van der Waals surface area contributed by atoms with Crippen LogP contribution in [-0.2, 0) is 29.4 Å². The van der Waals surface area contributed by atoms with E-state index in [1.54, 1.807) is 24.5 Å². The van der Waals surface area contributed by atoms with Gasteiger partial charge >= 0.3 is 0 Å². The molecule has 2 atom stereocenters. The van der Waals surface area contributed by atoms with Crippen molar-refractivity contribution < 1.29 is 33.1 Å². The topological polar surface area (TPSA) is 162 Å². The number of ether oxygens (including phenoxy) is 1. The number of nitrogens with zero attached hydrogens (tertiary/aromatic N) is 7. The molecule has 392 valence electrons. The Hall–Kier alpha value is -6.68. The lowest BCUT2D eigenvalue weighted by atomic mass is 9.73. The second kappa shape index (κ2) is 20.1. The Kier molecular flexibility index (Phi) is 13.2. The molecule has 15 nitrogen and oxygen atoms in total. The number of para-hydroxylation sites is 1. The summed E-state index contributed by atoms with van der Waals surface area (Å²) in [4.78, 5) is 86.0. The van der Waals surface area contributed by atoms with E-state index in [-0.39, 0.29) is 71.3 Å². The molecule has 3 aromatic carbocycles. The van der Waals surface area contributed by atoms with Gasteiger partial charge in [-0.2, -0.15) is 0 Å². The van der Waals surface area contributed by atoms with Crippen LogP contribution in [0.15, 0.2) is 79.1 Å². The lowest BCUT2D eigenvalue weighted by molar-refractivity contribution is -0.140. The summed E-state index contributed by atoms with van der Waals surface area (Å²) in [6, 6.07) is 23.0. The summed E-state index contributed by atoms with van der Waals surface area (Å²) in [5.41, 5.74) is 5.39. The van der Waals surface area contributed by atoms with Crippen LogP contribution in [0, 0.1) is 17.7 Å². The van der Waals surface area contributed by atoms with Crippen molar-refractivity contribution >= 4 is 57.8 Å². The minimum absolute atomic E-state index is 0.0130. The summed E-state index contributed by atoms with van der Waals surface area (Å²) >= 11 is 0. The number of hydrogen-bond acceptors (Lipinski definition) is 10. The molecule has 7 aliphatic rings. The molecule has 7 heterocycles. The normalized spacial score (nSPS) is 25.9. The second-order valence-electron chi connectivity index (χ2n) is 22.7. The summed E-state index contributed by atoms with van der Waals surface area (Å²) in [5.74, 6) is -0.0312. The van der Waals surface area contributed by atoms with E-state index in [9.17, 15) is 19.2 Å². The van der Waals surface area contributed by atoms with Crippen LogP contribution in [0.5, 0.6) is 5.75 Å². The number of carbonyl (C=O) groups is 5. The average Bonchev–Trinajstić information content (AvgIpc) is 4.16. The first-order chi connectivity index (χ1) is 36.4. The van der Waals surface area contributed by atoms with Gasteiger partial charge in [0.1, 0.15) is 17.1 Å². The fraction of sp³-hybridized carbons (Fsp3) is 0.508. The molecule has 12 rings (SSSR count). The standard InChI is InChI=1S/C59H68FN9O6/c1-36(2)68-35-61-50-33-49(63-54(53(50)68)62-48-9-5-4-8-47(48)60)39-14-20-46-51(30-39)69(42-31-41(32-42)65-25-6-3-7-26-65)58(74)59(46)23-28-66(29-24-59)57(73)40-22-27-67(34-40)56(72)38-12-17-44(18-13-38)75-43-15-10-37(11-16-43)45-19-21-52(70)64-55(45)71/h4-5,8-11,14-16,20,30,33,35-36,38,40-42,44-45H,3,6-7,12-13,17-19,21-29,31-32,34H2,1-2H3,(H,62,63)(H,64,70,71)/t38?,40-,41?,42?,44?,45?/m1/s1. The number of aromatic nitrogens is 3. The van der Waals surface area contributed by atoms with Crippen LogP contribution in [0.3, 0.4) is 0 Å². The zero-order valence-electron chi connectivity index (χ0n) is 43.1. The Labute approximate surface area is 437 Å². The third-order valence-electron chi connectivity index (χ3n) is 17.9. The van der Waals surface area contributed by atoms with E-state index in [0.717, 1.165) is 90.8 Å². The number of amides is 5. The predicted molar refractivity (Wildman–Crippen MR) is 283 cm³/mol. The lowest BCUT2D eigenvalue weighted by Crippen LogP contribution is -2.58. The fourth-order valence-electron chi connectivity index (χ4n) is 13.5. The molecule has 0 bridgehead atoms. The van der Waals surface area contributed by atoms with Crippen molar-refractivity contribution in [3.8, 4) is 17.0 Å². The Bertz CT molecular complexity index is 3020. The summed E-state index contributed by atoms with van der Waals surface area (Å²) < 4.78 is 23.5. The van der Waals surface area contributed by atoms with Crippen LogP contribution in [0.1, 0.15) is 127 Å². The van der Waals surface area contributed by atoms with E-state index < -0.39 is 5.41 Å². The first-order valence-corrected chi connectivity index (χ1v) is 27.7. The number of imide groups is 1. The number of imidazole rings is 1. The van der Waals surface area contributed by atoms with Gasteiger partial charge in [-0.1, -0.05) is 42.8 Å². The molecule has 2 aromatic heterocycles. The average molecular weight is 1020 g/mol. The molecule has 0 radical (unpaired) electrons. The Morgan fingerprint density at radius 2 is 1.55 bits per heavy atom. The van der Waals surface area contributed by atoms with Gasteiger partial charge in [0.15, 0.2) is 5.82 Å². The number of hydrogen-bond donors (Lipinski definition) is 2. The van der Waals surface area contributed by atoms with Crippen LogP contribution in [-0.4, -0.2) is 116 Å². The van der Waals surface area contributed by atoms with Crippen molar-refractivity contribution in [2.75, 3.05) is 49.5 Å². The van der Waals surface area contributed by atoms with Crippen molar-refractivity contribution in [1.29, 1.82) is 0 Å². The number of pyridine rings is 1. The van der Waals surface area contributed by atoms with Gasteiger partial charge in [0.25, 0.3) is 0 Å². The highest BCUT2D eigenvalue weighted by molar-refractivity contribution is 6.09. The highest BCUT2D eigenvalue weighted by Crippen LogP contribution is 2.52. The highest BCUT2D eigenvalue weighted by atomic mass is 19.1. The van der Waals surface area contributed by atoms with Gasteiger partial charge in [-0.3, -0.25) is 29.3 Å². The summed E-state index contributed by atoms with van der Waals surface area (Å²) in [5, 5.41) is 5.71. The molecule has 2 saturated carbocycles. The van der Waals surface area contributed by atoms with Crippen LogP contribution in [0.4, 0.5) is 21.6 Å². The van der Waals surface area contributed by atoms with Gasteiger partial charge in [0.05, 0.1) is 46.6 Å². The van der Waals surface area contributed by atoms with Crippen molar-refractivity contribution in [2.45, 2.75) is 139 Å². The molecule has 2 aliphatic carbocycles. The van der Waals surface area contributed by atoms with E-state index >= 15 is 9.18 Å². The number of halogens is 1. The maximum absolute atomic E-state index is 15.3. The molecule has 4 saturated heterocycles. The molecular formula is C59H68FN9O6. The molecule has 2 N–H and O–H groups in total. The highest BCUT2D eigenvalue weighted by Gasteiger charge is 2.56.